The maximum Gasteiger partial charge on any atom is 0.283 e. The molecule has 0 aliphatic carbocycles. The van der Waals surface area contributed by atoms with Crippen molar-refractivity contribution in [2.45, 2.75) is 45.4 Å². The molecule has 0 bridgehead atoms. The minimum Gasteiger partial charge on any atom is -0.469 e. The molecule has 1 amide bonds. The number of carbonyl (C=O) groups excluding carboxylic acids is 1. The number of rotatable bonds is 5. The van der Waals surface area contributed by atoms with Crippen molar-refractivity contribution in [3.63, 3.8) is 0 Å². The summed E-state index contributed by atoms with van der Waals surface area (Å²) in [6.07, 6.45) is -3.59. The average Bonchev–Trinajstić information content (AvgIpc) is 2.84. The van der Waals surface area contributed by atoms with Crippen molar-refractivity contribution in [3.8, 4) is 17.0 Å². The Balaban J connectivity index is 1.52. The van der Waals surface area contributed by atoms with Crippen molar-refractivity contribution in [3.05, 3.63) is 53.4 Å². The van der Waals surface area contributed by atoms with Gasteiger partial charge in [-0.15, -0.1) is 0 Å². The van der Waals surface area contributed by atoms with E-state index in [1.807, 2.05) is 6.07 Å². The first-order chi connectivity index (χ1) is 17.2. The second-order valence-corrected chi connectivity index (χ2v) is 8.73. The van der Waals surface area contributed by atoms with E-state index in [0.29, 0.717) is 5.82 Å². The van der Waals surface area contributed by atoms with Crippen LogP contribution in [-0.4, -0.2) is 46.0 Å². The zero-order valence-corrected chi connectivity index (χ0v) is 19.4. The van der Waals surface area contributed by atoms with Gasteiger partial charge in [-0.2, -0.15) is 0 Å². The van der Waals surface area contributed by atoms with E-state index < -0.39 is 41.9 Å². The number of amides is 1. The molecule has 36 heavy (non-hydrogen) atoms. The number of aromatic nitrogens is 3. The number of hydrogen-bond donors (Lipinski definition) is 2. The van der Waals surface area contributed by atoms with Gasteiger partial charge < -0.3 is 20.3 Å². The predicted octanol–water partition coefficient (Wildman–Crippen LogP) is 3.97. The highest BCUT2D eigenvalue weighted by Gasteiger charge is 2.42. The summed E-state index contributed by atoms with van der Waals surface area (Å²) in [7, 11) is 0. The zero-order chi connectivity index (χ0) is 25.6. The minimum atomic E-state index is -3.15. The molecular weight excluding hydrogens is 480 g/mol. The number of pyridine rings is 1. The van der Waals surface area contributed by atoms with E-state index in [0.717, 1.165) is 47.9 Å². The first-order valence-electron chi connectivity index (χ1n) is 11.3. The van der Waals surface area contributed by atoms with Gasteiger partial charge in [-0.25, -0.2) is 32.5 Å². The molecule has 3 aromatic rings. The van der Waals surface area contributed by atoms with Crippen LogP contribution in [-0.2, 0) is 17.8 Å². The number of hydrogen-bond acceptors (Lipinski definition) is 7. The van der Waals surface area contributed by atoms with Gasteiger partial charge in [0, 0.05) is 36.8 Å². The molecule has 0 fully saturated rings. The van der Waals surface area contributed by atoms with E-state index in [1.54, 1.807) is 19.9 Å². The smallest absolute Gasteiger partial charge is 0.283 e. The van der Waals surface area contributed by atoms with Crippen LogP contribution < -0.4 is 20.3 Å². The average molecular weight is 502 g/mol. The molecule has 4 heterocycles. The van der Waals surface area contributed by atoms with Crippen LogP contribution in [0.1, 0.15) is 25.1 Å². The standard InChI is InChI=1S/C24H22F4N6O2/c1-11(2)34-17-8-13(7-14(25)20(17)36-21(22(27)28)23(34)35)19-15(26)10-30-24(33-19)32-18-4-3-12-9-29-6-5-16(12)31-18/h3-4,7-8,10-11,21-22,29H,5-6,9H2,1-2H3,(H,30,31,32,33). The molecule has 0 radical (unpaired) electrons. The topological polar surface area (TPSA) is 92.3 Å². The fourth-order valence-corrected chi connectivity index (χ4v) is 4.29. The first-order valence-corrected chi connectivity index (χ1v) is 11.3. The molecule has 8 nitrogen and oxygen atoms in total. The molecular formula is C24H22F4N6O2. The van der Waals surface area contributed by atoms with E-state index in [1.165, 1.54) is 6.07 Å². The second-order valence-electron chi connectivity index (χ2n) is 8.73. The van der Waals surface area contributed by atoms with Gasteiger partial charge in [0.25, 0.3) is 12.3 Å². The molecule has 2 aliphatic rings. The fraction of sp³-hybridized carbons (Fsp3) is 0.333. The maximum atomic E-state index is 15.1. The molecule has 2 N–H and O–H groups in total. The van der Waals surface area contributed by atoms with Crippen LogP contribution in [0.2, 0.25) is 0 Å². The molecule has 5 rings (SSSR count). The van der Waals surface area contributed by atoms with E-state index in [2.05, 4.69) is 25.6 Å². The van der Waals surface area contributed by atoms with Crippen molar-refractivity contribution in [1.82, 2.24) is 20.3 Å². The summed E-state index contributed by atoms with van der Waals surface area (Å²) in [4.78, 5) is 26.4. The summed E-state index contributed by atoms with van der Waals surface area (Å²) in [5.74, 6) is -2.89. The summed E-state index contributed by atoms with van der Waals surface area (Å²) in [5, 5.41) is 6.19. The summed E-state index contributed by atoms with van der Waals surface area (Å²) in [6, 6.07) is 5.30. The Morgan fingerprint density at radius 2 is 1.97 bits per heavy atom. The molecule has 1 aromatic carbocycles. The Labute approximate surface area is 203 Å². The number of ether oxygens (including phenoxy) is 1. The van der Waals surface area contributed by atoms with Crippen molar-refractivity contribution in [1.29, 1.82) is 0 Å². The molecule has 188 valence electrons. The van der Waals surface area contributed by atoms with Crippen LogP contribution in [0.15, 0.2) is 30.5 Å². The van der Waals surface area contributed by atoms with E-state index >= 15 is 4.39 Å². The lowest BCUT2D eigenvalue weighted by atomic mass is 10.0. The predicted molar refractivity (Wildman–Crippen MR) is 123 cm³/mol. The summed E-state index contributed by atoms with van der Waals surface area (Å²) >= 11 is 0. The number of nitrogens with one attached hydrogen (secondary N) is 2. The van der Waals surface area contributed by atoms with Crippen LogP contribution in [0.3, 0.4) is 0 Å². The highest BCUT2D eigenvalue weighted by molar-refractivity contribution is 6.01. The second kappa shape index (κ2) is 9.34. The van der Waals surface area contributed by atoms with Gasteiger partial charge in [-0.05, 0) is 37.6 Å². The Morgan fingerprint density at radius 1 is 1.17 bits per heavy atom. The third kappa shape index (κ3) is 4.32. The van der Waals surface area contributed by atoms with Crippen molar-refractivity contribution in [2.75, 3.05) is 16.8 Å². The Bertz CT molecular complexity index is 1340. The number of carbonyl (C=O) groups is 1. The van der Waals surface area contributed by atoms with E-state index in [4.69, 9.17) is 4.74 Å². The number of anilines is 3. The minimum absolute atomic E-state index is 0.0174. The molecule has 0 saturated heterocycles. The fourth-order valence-electron chi connectivity index (χ4n) is 4.29. The monoisotopic (exact) mass is 502 g/mol. The van der Waals surface area contributed by atoms with Crippen molar-refractivity contribution < 1.29 is 27.1 Å². The summed E-state index contributed by atoms with van der Waals surface area (Å²) in [5.41, 5.74) is 1.66. The van der Waals surface area contributed by atoms with E-state index in [-0.39, 0.29) is 22.9 Å². The third-order valence-electron chi connectivity index (χ3n) is 5.93. The van der Waals surface area contributed by atoms with Gasteiger partial charge >= 0.3 is 0 Å². The van der Waals surface area contributed by atoms with Gasteiger partial charge in [0.05, 0.1) is 11.9 Å². The highest BCUT2D eigenvalue weighted by Crippen LogP contribution is 2.42. The van der Waals surface area contributed by atoms with Crippen LogP contribution in [0.5, 0.6) is 5.75 Å². The number of fused-ring (bicyclic) bond motifs is 2. The SMILES string of the molecule is CC(C)N1C(=O)C(C(F)F)Oc2c(F)cc(-c3nc(Nc4ccc5c(n4)CCNC5)ncc3F)cc21. The maximum absolute atomic E-state index is 15.1. The molecule has 2 aromatic heterocycles. The number of halogens is 4. The van der Waals surface area contributed by atoms with Crippen LogP contribution >= 0.6 is 0 Å². The van der Waals surface area contributed by atoms with Crippen LogP contribution in [0, 0.1) is 11.6 Å². The lowest BCUT2D eigenvalue weighted by Gasteiger charge is -2.36. The number of nitrogens with zero attached hydrogens (tertiary/aromatic N) is 4. The van der Waals surface area contributed by atoms with Gasteiger partial charge in [-0.1, -0.05) is 6.07 Å². The Morgan fingerprint density at radius 3 is 2.72 bits per heavy atom. The lowest BCUT2D eigenvalue weighted by Crippen LogP contribution is -2.52. The lowest BCUT2D eigenvalue weighted by molar-refractivity contribution is -0.133. The van der Waals surface area contributed by atoms with Crippen molar-refractivity contribution in [2.24, 2.45) is 0 Å². The molecule has 2 aliphatic heterocycles. The van der Waals surface area contributed by atoms with E-state index in [9.17, 15) is 18.0 Å². The molecule has 0 spiro atoms. The molecule has 0 saturated carbocycles. The molecule has 12 heteroatoms. The largest absolute Gasteiger partial charge is 0.469 e. The quantitative estimate of drug-likeness (QED) is 0.510. The highest BCUT2D eigenvalue weighted by atomic mass is 19.3. The Hall–Kier alpha value is -3.80. The van der Waals surface area contributed by atoms with Crippen molar-refractivity contribution >= 4 is 23.4 Å². The Kier molecular flexibility index (Phi) is 6.20. The normalized spacial score (nSPS) is 17.2. The van der Waals surface area contributed by atoms with Crippen LogP contribution in [0.4, 0.5) is 35.0 Å². The summed E-state index contributed by atoms with van der Waals surface area (Å²) in [6.45, 7) is 4.72. The van der Waals surface area contributed by atoms with Gasteiger partial charge in [-0.3, -0.25) is 4.79 Å². The zero-order valence-electron chi connectivity index (χ0n) is 19.4. The van der Waals surface area contributed by atoms with Crippen LogP contribution in [0.25, 0.3) is 11.3 Å². The number of benzene rings is 1. The number of alkyl halides is 2. The van der Waals surface area contributed by atoms with Gasteiger partial charge in [0.15, 0.2) is 17.4 Å². The third-order valence-corrected chi connectivity index (χ3v) is 5.93. The van der Waals surface area contributed by atoms with Gasteiger partial charge in [0.1, 0.15) is 11.5 Å². The molecule has 1 atom stereocenters. The first kappa shape index (κ1) is 23.9. The molecule has 1 unspecified atom stereocenters. The van der Waals surface area contributed by atoms with Gasteiger partial charge in [0.2, 0.25) is 12.1 Å². The summed E-state index contributed by atoms with van der Waals surface area (Å²) < 4.78 is 61.6.